The highest BCUT2D eigenvalue weighted by Gasteiger charge is 2.26. The van der Waals surface area contributed by atoms with Gasteiger partial charge in [0, 0.05) is 48.6 Å². The Morgan fingerprint density at radius 1 is 1.15 bits per heavy atom. The highest BCUT2D eigenvalue weighted by Crippen LogP contribution is 2.24. The van der Waals surface area contributed by atoms with Gasteiger partial charge in [-0.15, -0.1) is 0 Å². The molecule has 6 nitrogen and oxygen atoms in total. The molecule has 0 radical (unpaired) electrons. The minimum Gasteiger partial charge on any atom is -0.368 e. The van der Waals surface area contributed by atoms with E-state index < -0.39 is 0 Å². The van der Waals surface area contributed by atoms with E-state index in [1.807, 2.05) is 36.1 Å². The van der Waals surface area contributed by atoms with Crippen molar-refractivity contribution in [1.29, 1.82) is 0 Å². The van der Waals surface area contributed by atoms with Crippen molar-refractivity contribution in [2.45, 2.75) is 25.8 Å². The van der Waals surface area contributed by atoms with Gasteiger partial charge in [-0.3, -0.25) is 4.79 Å². The van der Waals surface area contributed by atoms with Crippen molar-refractivity contribution >= 4 is 29.1 Å². The van der Waals surface area contributed by atoms with Crippen LogP contribution >= 0.6 is 11.6 Å². The maximum Gasteiger partial charge on any atom is 0.272 e. The number of hydrogen-bond donors (Lipinski definition) is 1. The Morgan fingerprint density at radius 2 is 1.92 bits per heavy atom. The fraction of sp³-hybridized carbons (Fsp3) is 0.421. The summed E-state index contributed by atoms with van der Waals surface area (Å²) in [5, 5.41) is 4.00. The molecule has 1 amide bonds. The van der Waals surface area contributed by atoms with Crippen LogP contribution in [0.15, 0.2) is 30.3 Å². The molecule has 1 saturated carbocycles. The first-order valence-electron chi connectivity index (χ1n) is 9.00. The predicted molar refractivity (Wildman–Crippen MR) is 103 cm³/mol. The number of nitrogens with one attached hydrogen (secondary N) is 1. The van der Waals surface area contributed by atoms with Crippen molar-refractivity contribution in [3.05, 3.63) is 46.7 Å². The number of rotatable bonds is 4. The first-order chi connectivity index (χ1) is 12.6. The molecule has 26 heavy (non-hydrogen) atoms. The van der Waals surface area contributed by atoms with Crippen molar-refractivity contribution in [3.63, 3.8) is 0 Å². The number of halogens is 1. The van der Waals surface area contributed by atoms with E-state index in [4.69, 9.17) is 11.6 Å². The van der Waals surface area contributed by atoms with E-state index in [0.29, 0.717) is 30.8 Å². The van der Waals surface area contributed by atoms with Gasteiger partial charge < -0.3 is 15.1 Å². The van der Waals surface area contributed by atoms with Gasteiger partial charge in [0.25, 0.3) is 5.91 Å². The minimum atomic E-state index is -0.0277. The molecular weight excluding hydrogens is 350 g/mol. The molecule has 0 bridgehead atoms. The van der Waals surface area contributed by atoms with Crippen molar-refractivity contribution in [2.24, 2.45) is 0 Å². The van der Waals surface area contributed by atoms with E-state index in [2.05, 4.69) is 20.2 Å². The van der Waals surface area contributed by atoms with Crippen LogP contribution in [0.4, 0.5) is 11.6 Å². The number of benzene rings is 1. The summed E-state index contributed by atoms with van der Waals surface area (Å²) in [6.07, 6.45) is 2.29. The van der Waals surface area contributed by atoms with Crippen molar-refractivity contribution in [3.8, 4) is 0 Å². The van der Waals surface area contributed by atoms with Gasteiger partial charge in [-0.25, -0.2) is 9.97 Å². The normalized spacial score (nSPS) is 17.3. The number of anilines is 2. The molecule has 1 aliphatic carbocycles. The van der Waals surface area contributed by atoms with E-state index in [-0.39, 0.29) is 5.91 Å². The maximum absolute atomic E-state index is 12.9. The fourth-order valence-corrected chi connectivity index (χ4v) is 3.34. The zero-order chi connectivity index (χ0) is 18.1. The molecule has 2 fully saturated rings. The van der Waals surface area contributed by atoms with Crippen LogP contribution in [-0.2, 0) is 0 Å². The number of hydrogen-bond acceptors (Lipinski definition) is 5. The first-order valence-corrected chi connectivity index (χ1v) is 9.38. The van der Waals surface area contributed by atoms with Gasteiger partial charge in [-0.1, -0.05) is 17.7 Å². The van der Waals surface area contributed by atoms with Crippen LogP contribution in [0.25, 0.3) is 0 Å². The Labute approximate surface area is 158 Å². The van der Waals surface area contributed by atoms with E-state index in [1.165, 1.54) is 0 Å². The molecule has 1 aromatic heterocycles. The number of piperazine rings is 1. The number of aryl methyl sites for hydroxylation is 1. The maximum atomic E-state index is 12.9. The zero-order valence-corrected chi connectivity index (χ0v) is 15.5. The largest absolute Gasteiger partial charge is 0.368 e. The van der Waals surface area contributed by atoms with Crippen LogP contribution in [0.3, 0.4) is 0 Å². The summed E-state index contributed by atoms with van der Waals surface area (Å²) in [5.41, 5.74) is 2.37. The summed E-state index contributed by atoms with van der Waals surface area (Å²) in [4.78, 5) is 25.8. The lowest BCUT2D eigenvalue weighted by Crippen LogP contribution is -2.49. The van der Waals surface area contributed by atoms with E-state index in [0.717, 1.165) is 42.3 Å². The Balaban J connectivity index is 1.42. The molecule has 2 aliphatic rings. The smallest absolute Gasteiger partial charge is 0.272 e. The molecule has 1 aliphatic heterocycles. The molecule has 4 rings (SSSR count). The second-order valence-electron chi connectivity index (χ2n) is 6.90. The van der Waals surface area contributed by atoms with E-state index in [9.17, 15) is 4.79 Å². The van der Waals surface area contributed by atoms with Gasteiger partial charge in [-0.2, -0.15) is 0 Å². The zero-order valence-electron chi connectivity index (χ0n) is 14.8. The molecule has 0 atom stereocenters. The third-order valence-corrected chi connectivity index (χ3v) is 4.96. The standard InChI is InChI=1S/C19H22ClN5O/c1-13-11-17(23-19(21-13)22-15-5-6-15)18(26)25-9-7-24(8-10-25)16-4-2-3-14(20)12-16/h2-4,11-12,15H,5-10H2,1H3,(H,21,22,23). The Hall–Kier alpha value is -2.34. The SMILES string of the molecule is Cc1cc(C(=O)N2CCN(c3cccc(Cl)c3)CC2)nc(NC2CC2)n1. The molecule has 7 heteroatoms. The second kappa shape index (κ2) is 7.11. The number of nitrogens with zero attached hydrogens (tertiary/aromatic N) is 4. The average molecular weight is 372 g/mol. The summed E-state index contributed by atoms with van der Waals surface area (Å²) in [5.74, 6) is 0.536. The number of amides is 1. The Morgan fingerprint density at radius 3 is 2.62 bits per heavy atom. The topological polar surface area (TPSA) is 61.4 Å². The molecular formula is C19H22ClN5O. The average Bonchev–Trinajstić information content (AvgIpc) is 3.45. The van der Waals surface area contributed by atoms with E-state index in [1.54, 1.807) is 6.07 Å². The fourth-order valence-electron chi connectivity index (χ4n) is 3.16. The lowest BCUT2D eigenvalue weighted by Gasteiger charge is -2.36. The highest BCUT2D eigenvalue weighted by atomic mass is 35.5. The molecule has 2 aromatic rings. The lowest BCUT2D eigenvalue weighted by atomic mass is 10.2. The van der Waals surface area contributed by atoms with Crippen LogP contribution in [-0.4, -0.2) is 53.0 Å². The number of carbonyl (C=O) groups excluding carboxylic acids is 1. The van der Waals surface area contributed by atoms with Crippen LogP contribution in [0.2, 0.25) is 5.02 Å². The van der Waals surface area contributed by atoms with Gasteiger partial charge in [0.2, 0.25) is 5.95 Å². The van der Waals surface area contributed by atoms with Gasteiger partial charge in [-0.05, 0) is 44.0 Å². The number of carbonyl (C=O) groups is 1. The van der Waals surface area contributed by atoms with Crippen LogP contribution < -0.4 is 10.2 Å². The van der Waals surface area contributed by atoms with E-state index >= 15 is 0 Å². The van der Waals surface area contributed by atoms with Crippen LogP contribution in [0.5, 0.6) is 0 Å². The third kappa shape index (κ3) is 3.90. The third-order valence-electron chi connectivity index (χ3n) is 4.72. The Kier molecular flexibility index (Phi) is 4.68. The second-order valence-corrected chi connectivity index (χ2v) is 7.33. The summed E-state index contributed by atoms with van der Waals surface area (Å²) >= 11 is 6.08. The quantitative estimate of drug-likeness (QED) is 0.895. The number of aromatic nitrogens is 2. The highest BCUT2D eigenvalue weighted by molar-refractivity contribution is 6.30. The van der Waals surface area contributed by atoms with Gasteiger partial charge >= 0.3 is 0 Å². The first kappa shape index (κ1) is 17.1. The van der Waals surface area contributed by atoms with Crippen LogP contribution in [0.1, 0.15) is 29.0 Å². The molecule has 1 saturated heterocycles. The monoisotopic (exact) mass is 371 g/mol. The van der Waals surface area contributed by atoms with Crippen molar-refractivity contribution in [2.75, 3.05) is 36.4 Å². The summed E-state index contributed by atoms with van der Waals surface area (Å²) < 4.78 is 0. The molecule has 1 N–H and O–H groups in total. The van der Waals surface area contributed by atoms with Crippen molar-refractivity contribution < 1.29 is 4.79 Å². The molecule has 0 spiro atoms. The van der Waals surface area contributed by atoms with Crippen molar-refractivity contribution in [1.82, 2.24) is 14.9 Å². The summed E-state index contributed by atoms with van der Waals surface area (Å²) in [7, 11) is 0. The Bertz CT molecular complexity index is 815. The minimum absolute atomic E-state index is 0.0277. The lowest BCUT2D eigenvalue weighted by molar-refractivity contribution is 0.0740. The molecule has 0 unspecified atom stereocenters. The van der Waals surface area contributed by atoms with Gasteiger partial charge in [0.05, 0.1) is 0 Å². The molecule has 2 heterocycles. The van der Waals surface area contributed by atoms with Gasteiger partial charge in [0.15, 0.2) is 0 Å². The predicted octanol–water partition coefficient (Wildman–Crippen LogP) is 2.98. The van der Waals surface area contributed by atoms with Gasteiger partial charge in [0.1, 0.15) is 5.69 Å². The molecule has 136 valence electrons. The summed E-state index contributed by atoms with van der Waals surface area (Å²) in [6, 6.07) is 10.1. The van der Waals surface area contributed by atoms with Crippen LogP contribution in [0, 0.1) is 6.92 Å². The molecule has 1 aromatic carbocycles. The summed E-state index contributed by atoms with van der Waals surface area (Å²) in [6.45, 7) is 4.79.